The summed E-state index contributed by atoms with van der Waals surface area (Å²) in [6.07, 6.45) is -4.01. The van der Waals surface area contributed by atoms with Crippen LogP contribution < -0.4 is 23.7 Å². The molecule has 0 fully saturated rings. The monoisotopic (exact) mass is 587 g/mol. The third-order valence-corrected chi connectivity index (χ3v) is 5.78. The van der Waals surface area contributed by atoms with Crippen LogP contribution in [-0.2, 0) is 11.4 Å². The summed E-state index contributed by atoms with van der Waals surface area (Å²) in [4.78, 5) is 15.4. The molecule has 12 heteroatoms. The van der Waals surface area contributed by atoms with Gasteiger partial charge in [-0.15, -0.1) is 13.2 Å². The number of nitrogens with zero attached hydrogens (tertiary/aromatic N) is 1. The van der Waals surface area contributed by atoms with E-state index in [9.17, 15) is 18.0 Å². The van der Waals surface area contributed by atoms with Crippen LogP contribution in [0.3, 0.4) is 0 Å². The number of aliphatic carboxylic acids is 1. The summed E-state index contributed by atoms with van der Waals surface area (Å²) in [7, 11) is 1.51. The molecule has 0 aliphatic rings. The molecule has 0 saturated heterocycles. The van der Waals surface area contributed by atoms with Crippen molar-refractivity contribution in [1.29, 1.82) is 0 Å². The van der Waals surface area contributed by atoms with E-state index in [2.05, 4.69) is 9.72 Å². The van der Waals surface area contributed by atoms with Crippen molar-refractivity contribution in [3.8, 4) is 51.3 Å². The Morgan fingerprint density at radius 2 is 1.60 bits per heavy atom. The van der Waals surface area contributed by atoms with Crippen molar-refractivity contribution in [2.45, 2.75) is 33.2 Å². The number of rotatable bonds is 13. The molecule has 4 aromatic rings. The standard InChI is InChI=1S/C30H28F3NO8/c1-4-13-38-24-11-7-20(15-25(24)37-3)28-29(19-5-8-21(9-6-19)42-30(31,32)33)41-26(34-28)16-39-22-10-12-23(18(2)14-22)40-17-27(35)36/h5-12,14-15H,4,13,16-17H2,1-3H3,(H,35,36). The Morgan fingerprint density at radius 3 is 2.24 bits per heavy atom. The van der Waals surface area contributed by atoms with Crippen LogP contribution in [0.4, 0.5) is 13.2 Å². The maximum absolute atomic E-state index is 12.7. The van der Waals surface area contributed by atoms with E-state index in [4.69, 9.17) is 28.5 Å². The Kier molecular flexibility index (Phi) is 9.46. The quantitative estimate of drug-likeness (QED) is 0.176. The van der Waals surface area contributed by atoms with E-state index in [-0.39, 0.29) is 18.2 Å². The molecule has 4 rings (SSSR count). The van der Waals surface area contributed by atoms with Crippen molar-refractivity contribution < 1.29 is 51.2 Å². The molecule has 1 aromatic heterocycles. The predicted molar refractivity (Wildman–Crippen MR) is 145 cm³/mol. The molecule has 0 unspecified atom stereocenters. The average molecular weight is 588 g/mol. The predicted octanol–water partition coefficient (Wildman–Crippen LogP) is 7.06. The molecule has 0 amide bonds. The van der Waals surface area contributed by atoms with Crippen LogP contribution in [-0.4, -0.2) is 42.7 Å². The summed E-state index contributed by atoms with van der Waals surface area (Å²) in [5.74, 6) is 0.927. The zero-order valence-corrected chi connectivity index (χ0v) is 23.0. The largest absolute Gasteiger partial charge is 0.573 e. The lowest BCUT2D eigenvalue weighted by Gasteiger charge is -2.11. The molecule has 0 atom stereocenters. The highest BCUT2D eigenvalue weighted by molar-refractivity contribution is 5.78. The highest BCUT2D eigenvalue weighted by Crippen LogP contribution is 2.38. The van der Waals surface area contributed by atoms with Gasteiger partial charge in [-0.2, -0.15) is 0 Å². The molecule has 0 aliphatic heterocycles. The number of carboxylic acid groups (broad SMARTS) is 1. The summed E-state index contributed by atoms with van der Waals surface area (Å²) in [5, 5.41) is 8.82. The number of alkyl halides is 3. The third-order valence-electron chi connectivity index (χ3n) is 5.78. The summed E-state index contributed by atoms with van der Waals surface area (Å²) < 4.78 is 70.4. The Labute approximate surface area is 239 Å². The van der Waals surface area contributed by atoms with Crippen molar-refractivity contribution in [3.05, 3.63) is 72.1 Å². The van der Waals surface area contributed by atoms with E-state index in [0.29, 0.717) is 57.7 Å². The molecule has 1 heterocycles. The minimum atomic E-state index is -4.82. The summed E-state index contributed by atoms with van der Waals surface area (Å²) >= 11 is 0. The molecular formula is C30H28F3NO8. The van der Waals surface area contributed by atoms with Gasteiger partial charge < -0.3 is 33.2 Å². The molecule has 222 valence electrons. The fraction of sp³-hybridized carbons (Fsp3) is 0.267. The van der Waals surface area contributed by atoms with Crippen LogP contribution in [0.15, 0.2) is 65.1 Å². The number of hydrogen-bond donors (Lipinski definition) is 1. The van der Waals surface area contributed by atoms with E-state index in [1.54, 1.807) is 43.3 Å². The Hall–Kier alpha value is -4.87. The van der Waals surface area contributed by atoms with Crippen molar-refractivity contribution in [3.63, 3.8) is 0 Å². The lowest BCUT2D eigenvalue weighted by molar-refractivity contribution is -0.274. The first-order valence-corrected chi connectivity index (χ1v) is 12.8. The van der Waals surface area contributed by atoms with Crippen LogP contribution in [0.5, 0.6) is 28.7 Å². The van der Waals surface area contributed by atoms with E-state index < -0.39 is 18.9 Å². The molecule has 0 radical (unpaired) electrons. The average Bonchev–Trinajstić information content (AvgIpc) is 3.38. The number of hydrogen-bond acceptors (Lipinski definition) is 8. The van der Waals surface area contributed by atoms with Gasteiger partial charge in [0.2, 0.25) is 5.89 Å². The molecule has 0 aliphatic carbocycles. The fourth-order valence-electron chi connectivity index (χ4n) is 3.93. The lowest BCUT2D eigenvalue weighted by atomic mass is 10.1. The Balaban J connectivity index is 1.64. The second-order valence-electron chi connectivity index (χ2n) is 8.97. The van der Waals surface area contributed by atoms with Crippen molar-refractivity contribution >= 4 is 5.97 Å². The van der Waals surface area contributed by atoms with Crippen molar-refractivity contribution in [1.82, 2.24) is 4.98 Å². The number of oxazole rings is 1. The second kappa shape index (κ2) is 13.2. The lowest BCUT2D eigenvalue weighted by Crippen LogP contribution is -2.16. The fourth-order valence-corrected chi connectivity index (χ4v) is 3.93. The Bertz CT molecular complexity index is 1520. The first kappa shape index (κ1) is 30.1. The van der Waals surface area contributed by atoms with Gasteiger partial charge in [0.15, 0.2) is 30.5 Å². The number of carbonyl (C=O) groups is 1. The molecule has 0 bridgehead atoms. The van der Waals surface area contributed by atoms with E-state index >= 15 is 0 Å². The van der Waals surface area contributed by atoms with Gasteiger partial charge >= 0.3 is 12.3 Å². The second-order valence-corrected chi connectivity index (χ2v) is 8.97. The molecule has 42 heavy (non-hydrogen) atoms. The molecule has 9 nitrogen and oxygen atoms in total. The topological polar surface area (TPSA) is 109 Å². The van der Waals surface area contributed by atoms with Crippen LogP contribution >= 0.6 is 0 Å². The number of methoxy groups -OCH3 is 1. The van der Waals surface area contributed by atoms with Crippen LogP contribution in [0.2, 0.25) is 0 Å². The first-order chi connectivity index (χ1) is 20.1. The number of ether oxygens (including phenoxy) is 5. The van der Waals surface area contributed by atoms with Gasteiger partial charge in [-0.3, -0.25) is 0 Å². The molecule has 1 N–H and O–H groups in total. The van der Waals surface area contributed by atoms with E-state index in [1.807, 2.05) is 6.92 Å². The van der Waals surface area contributed by atoms with Gasteiger partial charge in [0.1, 0.15) is 22.9 Å². The summed E-state index contributed by atoms with van der Waals surface area (Å²) in [5.41, 5.74) is 2.15. The van der Waals surface area contributed by atoms with Crippen LogP contribution in [0.1, 0.15) is 24.8 Å². The SMILES string of the molecule is CCCOc1ccc(-c2nc(COc3ccc(OCC(=O)O)c(C)c3)oc2-c2ccc(OC(F)(F)F)cc2)cc1OC. The number of aromatic nitrogens is 1. The van der Waals surface area contributed by atoms with Crippen LogP contribution in [0, 0.1) is 6.92 Å². The minimum Gasteiger partial charge on any atom is -0.493 e. The number of carboxylic acids is 1. The summed E-state index contributed by atoms with van der Waals surface area (Å²) in [6, 6.07) is 15.4. The zero-order chi connectivity index (χ0) is 30.3. The van der Waals surface area contributed by atoms with Gasteiger partial charge in [-0.05, 0) is 79.6 Å². The highest BCUT2D eigenvalue weighted by atomic mass is 19.4. The van der Waals surface area contributed by atoms with Gasteiger partial charge in [-0.1, -0.05) is 6.92 Å². The highest BCUT2D eigenvalue weighted by Gasteiger charge is 2.31. The molecule has 0 saturated carbocycles. The normalized spacial score (nSPS) is 11.2. The smallest absolute Gasteiger partial charge is 0.493 e. The number of benzene rings is 3. The van der Waals surface area contributed by atoms with Gasteiger partial charge in [0.05, 0.1) is 13.7 Å². The molecular weight excluding hydrogens is 559 g/mol. The van der Waals surface area contributed by atoms with Gasteiger partial charge in [-0.25, -0.2) is 9.78 Å². The Morgan fingerprint density at radius 1 is 0.905 bits per heavy atom. The van der Waals surface area contributed by atoms with E-state index in [0.717, 1.165) is 6.42 Å². The first-order valence-electron chi connectivity index (χ1n) is 12.8. The number of halogens is 3. The molecule has 0 spiro atoms. The van der Waals surface area contributed by atoms with Gasteiger partial charge in [0.25, 0.3) is 0 Å². The molecule has 3 aromatic carbocycles. The maximum atomic E-state index is 12.7. The number of aryl methyl sites for hydroxylation is 1. The van der Waals surface area contributed by atoms with Gasteiger partial charge in [0, 0.05) is 11.1 Å². The van der Waals surface area contributed by atoms with Crippen molar-refractivity contribution in [2.75, 3.05) is 20.3 Å². The van der Waals surface area contributed by atoms with E-state index in [1.165, 1.54) is 31.4 Å². The van der Waals surface area contributed by atoms with Crippen LogP contribution in [0.25, 0.3) is 22.6 Å². The summed E-state index contributed by atoms with van der Waals surface area (Å²) in [6.45, 7) is 3.69. The zero-order valence-electron chi connectivity index (χ0n) is 23.0. The minimum absolute atomic E-state index is 0.0775. The third kappa shape index (κ3) is 7.87. The van der Waals surface area contributed by atoms with Crippen molar-refractivity contribution in [2.24, 2.45) is 0 Å². The maximum Gasteiger partial charge on any atom is 0.573 e.